The van der Waals surface area contributed by atoms with Gasteiger partial charge >= 0.3 is 0 Å². The van der Waals surface area contributed by atoms with Crippen LogP contribution in [0.15, 0.2) is 0 Å². The molecule has 0 saturated heterocycles. The molecule has 0 radical (unpaired) electrons. The quantitative estimate of drug-likeness (QED) is 0.777. The summed E-state index contributed by atoms with van der Waals surface area (Å²) in [6, 6.07) is 0.926. The van der Waals surface area contributed by atoms with Crippen molar-refractivity contribution >= 4 is 0 Å². The molecule has 2 saturated carbocycles. The van der Waals surface area contributed by atoms with Crippen LogP contribution in [0.3, 0.4) is 0 Å². The predicted molar refractivity (Wildman–Crippen MR) is 73.6 cm³/mol. The lowest BCUT2D eigenvalue weighted by Gasteiger charge is -2.37. The molecule has 2 fully saturated rings. The predicted octanol–water partition coefficient (Wildman–Crippen LogP) is 2.90. The van der Waals surface area contributed by atoms with Gasteiger partial charge in [-0.1, -0.05) is 13.8 Å². The number of nitrogens with two attached hydrogens (primary N) is 2. The van der Waals surface area contributed by atoms with E-state index in [0.717, 1.165) is 23.7 Å². The minimum Gasteiger partial charge on any atom is -0.327 e. The van der Waals surface area contributed by atoms with Crippen LogP contribution in [0.4, 0.5) is 0 Å². The molecular formula is C15H30N2. The van der Waals surface area contributed by atoms with Gasteiger partial charge in [0.2, 0.25) is 0 Å². The molecular weight excluding hydrogens is 208 g/mol. The van der Waals surface area contributed by atoms with Gasteiger partial charge in [-0.25, -0.2) is 0 Å². The normalized spacial score (nSPS) is 48.0. The maximum absolute atomic E-state index is 6.10. The van der Waals surface area contributed by atoms with Gasteiger partial charge in [-0.05, 0) is 68.6 Å². The van der Waals surface area contributed by atoms with Crippen molar-refractivity contribution in [2.75, 3.05) is 0 Å². The third kappa shape index (κ3) is 3.45. The van der Waals surface area contributed by atoms with Crippen LogP contribution in [0.2, 0.25) is 0 Å². The van der Waals surface area contributed by atoms with E-state index >= 15 is 0 Å². The molecule has 2 heteroatoms. The molecule has 100 valence electrons. The average molecular weight is 238 g/mol. The van der Waals surface area contributed by atoms with Crippen molar-refractivity contribution in [3.8, 4) is 0 Å². The molecule has 0 heterocycles. The maximum atomic E-state index is 6.10. The highest BCUT2D eigenvalue weighted by atomic mass is 14.7. The molecule has 6 atom stereocenters. The molecule has 0 bridgehead atoms. The monoisotopic (exact) mass is 238 g/mol. The molecule has 0 aromatic heterocycles. The Morgan fingerprint density at radius 3 is 1.53 bits per heavy atom. The van der Waals surface area contributed by atoms with Crippen LogP contribution in [0.5, 0.6) is 0 Å². The van der Waals surface area contributed by atoms with Gasteiger partial charge in [-0.15, -0.1) is 0 Å². The van der Waals surface area contributed by atoms with E-state index in [0.29, 0.717) is 12.1 Å². The van der Waals surface area contributed by atoms with Crippen LogP contribution in [-0.4, -0.2) is 12.1 Å². The SMILES string of the molecule is CC1C[C@@H](C[C@@H]2CC[C@H](N)C(C)C2)CC[C@H]1N. The first-order valence-corrected chi connectivity index (χ1v) is 7.57. The first-order chi connectivity index (χ1) is 8.06. The Morgan fingerprint density at radius 1 is 0.765 bits per heavy atom. The van der Waals surface area contributed by atoms with E-state index in [2.05, 4.69) is 13.8 Å². The zero-order valence-corrected chi connectivity index (χ0v) is 11.6. The molecule has 2 nitrogen and oxygen atoms in total. The Kier molecular flexibility index (Phi) is 4.48. The Labute approximate surface area is 107 Å². The van der Waals surface area contributed by atoms with Gasteiger partial charge in [0.1, 0.15) is 0 Å². The fourth-order valence-electron chi connectivity index (χ4n) is 3.96. The standard InChI is InChI=1S/C15H30N2/c1-10-7-12(3-5-14(10)16)9-13-4-6-15(17)11(2)8-13/h10-15H,3-9,16-17H2,1-2H3/t10?,11?,12-,13+,14+,15-. The molecule has 17 heavy (non-hydrogen) atoms. The summed E-state index contributed by atoms with van der Waals surface area (Å²) >= 11 is 0. The maximum Gasteiger partial charge on any atom is 0.00647 e. The van der Waals surface area contributed by atoms with E-state index in [4.69, 9.17) is 11.5 Å². The Hall–Kier alpha value is -0.0800. The smallest absolute Gasteiger partial charge is 0.00647 e. The van der Waals surface area contributed by atoms with E-state index in [1.165, 1.54) is 44.9 Å². The van der Waals surface area contributed by atoms with E-state index in [-0.39, 0.29) is 0 Å². The van der Waals surface area contributed by atoms with Crippen LogP contribution >= 0.6 is 0 Å². The minimum absolute atomic E-state index is 0.463. The summed E-state index contributed by atoms with van der Waals surface area (Å²) in [5.41, 5.74) is 12.2. The van der Waals surface area contributed by atoms with Crippen LogP contribution < -0.4 is 11.5 Å². The Balaban J connectivity index is 1.78. The van der Waals surface area contributed by atoms with Crippen LogP contribution in [0.25, 0.3) is 0 Å². The first-order valence-electron chi connectivity index (χ1n) is 7.57. The molecule has 0 aromatic carbocycles. The summed E-state index contributed by atoms with van der Waals surface area (Å²) in [4.78, 5) is 0. The Morgan fingerprint density at radius 2 is 1.18 bits per heavy atom. The fourth-order valence-corrected chi connectivity index (χ4v) is 3.96. The second kappa shape index (κ2) is 5.71. The highest BCUT2D eigenvalue weighted by Crippen LogP contribution is 2.38. The van der Waals surface area contributed by atoms with Gasteiger partial charge < -0.3 is 11.5 Å². The fraction of sp³-hybridized carbons (Fsp3) is 1.00. The van der Waals surface area contributed by atoms with E-state index < -0.39 is 0 Å². The summed E-state index contributed by atoms with van der Waals surface area (Å²) in [6.45, 7) is 4.66. The van der Waals surface area contributed by atoms with Gasteiger partial charge in [0, 0.05) is 12.1 Å². The lowest BCUT2D eigenvalue weighted by molar-refractivity contribution is 0.169. The zero-order valence-electron chi connectivity index (χ0n) is 11.6. The second-order valence-corrected chi connectivity index (χ2v) is 6.88. The summed E-state index contributed by atoms with van der Waals surface area (Å²) in [7, 11) is 0. The van der Waals surface area contributed by atoms with Crippen molar-refractivity contribution in [3.63, 3.8) is 0 Å². The van der Waals surface area contributed by atoms with Gasteiger partial charge in [-0.2, -0.15) is 0 Å². The number of hydrogen-bond donors (Lipinski definition) is 2. The second-order valence-electron chi connectivity index (χ2n) is 6.88. The lowest BCUT2D eigenvalue weighted by atomic mass is 9.71. The Bertz CT molecular complexity index is 217. The van der Waals surface area contributed by atoms with Gasteiger partial charge in [-0.3, -0.25) is 0 Å². The summed E-state index contributed by atoms with van der Waals surface area (Å²) < 4.78 is 0. The minimum atomic E-state index is 0.463. The third-order valence-electron chi connectivity index (χ3n) is 5.36. The summed E-state index contributed by atoms with van der Waals surface area (Å²) in [5, 5.41) is 0. The third-order valence-corrected chi connectivity index (χ3v) is 5.36. The molecule has 0 aliphatic heterocycles. The largest absolute Gasteiger partial charge is 0.327 e. The molecule has 2 aliphatic rings. The number of hydrogen-bond acceptors (Lipinski definition) is 2. The molecule has 2 aliphatic carbocycles. The average Bonchev–Trinajstić information content (AvgIpc) is 2.29. The highest BCUT2D eigenvalue weighted by Gasteiger charge is 2.30. The van der Waals surface area contributed by atoms with Gasteiger partial charge in [0.05, 0.1) is 0 Å². The topological polar surface area (TPSA) is 52.0 Å². The lowest BCUT2D eigenvalue weighted by Crippen LogP contribution is -2.37. The van der Waals surface area contributed by atoms with Gasteiger partial charge in [0.25, 0.3) is 0 Å². The molecule has 0 aromatic rings. The van der Waals surface area contributed by atoms with Gasteiger partial charge in [0.15, 0.2) is 0 Å². The summed E-state index contributed by atoms with van der Waals surface area (Å²) in [5.74, 6) is 3.35. The molecule has 4 N–H and O–H groups in total. The van der Waals surface area contributed by atoms with Crippen LogP contribution in [-0.2, 0) is 0 Å². The number of rotatable bonds is 2. The molecule has 2 rings (SSSR count). The highest BCUT2D eigenvalue weighted by molar-refractivity contribution is 4.85. The van der Waals surface area contributed by atoms with Crippen LogP contribution in [0.1, 0.15) is 58.8 Å². The van der Waals surface area contributed by atoms with Crippen molar-refractivity contribution < 1.29 is 0 Å². The summed E-state index contributed by atoms with van der Waals surface area (Å²) in [6.07, 6.45) is 9.37. The van der Waals surface area contributed by atoms with E-state index in [1.807, 2.05) is 0 Å². The van der Waals surface area contributed by atoms with Crippen molar-refractivity contribution in [2.45, 2.75) is 70.9 Å². The van der Waals surface area contributed by atoms with Crippen molar-refractivity contribution in [1.29, 1.82) is 0 Å². The van der Waals surface area contributed by atoms with Crippen molar-refractivity contribution in [3.05, 3.63) is 0 Å². The molecule has 0 amide bonds. The molecule has 2 unspecified atom stereocenters. The molecule has 0 spiro atoms. The van der Waals surface area contributed by atoms with E-state index in [1.54, 1.807) is 0 Å². The first kappa shape index (κ1) is 13.4. The van der Waals surface area contributed by atoms with Crippen LogP contribution in [0, 0.1) is 23.7 Å². The van der Waals surface area contributed by atoms with E-state index in [9.17, 15) is 0 Å². The van der Waals surface area contributed by atoms with Crippen molar-refractivity contribution in [2.24, 2.45) is 35.1 Å². The zero-order chi connectivity index (χ0) is 12.4. The van der Waals surface area contributed by atoms with Crippen molar-refractivity contribution in [1.82, 2.24) is 0 Å².